The number of aliphatic carboxylic acids is 1. The van der Waals surface area contributed by atoms with Crippen molar-refractivity contribution in [3.05, 3.63) is 28.8 Å². The second kappa shape index (κ2) is 11.5. The van der Waals surface area contributed by atoms with E-state index in [1.165, 1.54) is 0 Å². The molecule has 12 heteroatoms. The number of fused-ring (bicyclic) bond motifs is 2. The van der Waals surface area contributed by atoms with Crippen LogP contribution in [-0.2, 0) is 25.6 Å². The molecule has 2 saturated heterocycles. The van der Waals surface area contributed by atoms with E-state index in [-0.39, 0.29) is 65.8 Å². The predicted molar refractivity (Wildman–Crippen MR) is 141 cm³/mol. The van der Waals surface area contributed by atoms with Gasteiger partial charge >= 0.3 is 5.97 Å². The summed E-state index contributed by atoms with van der Waals surface area (Å²) in [4.78, 5) is 50.3. The van der Waals surface area contributed by atoms with Gasteiger partial charge in [-0.1, -0.05) is 25.7 Å². The van der Waals surface area contributed by atoms with Gasteiger partial charge in [-0.3, -0.25) is 25.0 Å². The Hall–Kier alpha value is -3.22. The molecule has 0 bridgehead atoms. The molecule has 2 aliphatic carbocycles. The molecule has 0 aromatic heterocycles. The van der Waals surface area contributed by atoms with Crippen molar-refractivity contribution >= 4 is 23.7 Å². The number of nitrogens with one attached hydrogen (secondary N) is 5. The van der Waals surface area contributed by atoms with E-state index in [2.05, 4.69) is 26.6 Å². The number of phenols is 1. The summed E-state index contributed by atoms with van der Waals surface area (Å²) in [5, 5.41) is 36.6. The fourth-order valence-electron chi connectivity index (χ4n) is 6.57. The number of hydrogen-bond donors (Lipinski definition) is 8. The van der Waals surface area contributed by atoms with E-state index in [0.717, 1.165) is 51.4 Å². The molecule has 2 saturated carbocycles. The first-order valence-corrected chi connectivity index (χ1v) is 14.0. The molecular formula is C27H38N6O6. The van der Waals surface area contributed by atoms with Gasteiger partial charge in [-0.05, 0) is 43.4 Å². The van der Waals surface area contributed by atoms with E-state index in [4.69, 9.17) is 5.73 Å². The molecule has 12 nitrogen and oxygen atoms in total. The number of phenolic OH excluding ortho intramolecular Hbond substituents is 1. The standard InChI is InChI=1S/C27H38N6O6/c28-12-21(34)29-20(27(38)39)11-13-9-14(22-25(36)32-18-7-3-1-5-16(18)30-22)24(35)15(10-13)23-26(37)33-19-8-4-2-6-17(19)31-23/h9-10,16-20,22-23,30-31,35H,1-8,11-12,28H2,(H,29,34)(H,32,36)(H,33,37)(H,38,39)/t16?,17?,18?,19?,20-,22?,23?/m0/s1. The van der Waals surface area contributed by atoms with Gasteiger partial charge in [-0.2, -0.15) is 0 Å². The summed E-state index contributed by atoms with van der Waals surface area (Å²) < 4.78 is 0. The Morgan fingerprint density at radius 1 is 0.872 bits per heavy atom. The Balaban J connectivity index is 1.52. The summed E-state index contributed by atoms with van der Waals surface area (Å²) in [6, 6.07) is 0.275. The number of rotatable bonds is 7. The third-order valence-electron chi connectivity index (χ3n) is 8.58. The van der Waals surface area contributed by atoms with Gasteiger partial charge in [0.1, 0.15) is 23.9 Å². The average Bonchev–Trinajstić information content (AvgIpc) is 2.92. The van der Waals surface area contributed by atoms with Gasteiger partial charge < -0.3 is 31.9 Å². The molecule has 2 heterocycles. The van der Waals surface area contributed by atoms with Crippen molar-refractivity contribution in [2.75, 3.05) is 6.54 Å². The van der Waals surface area contributed by atoms with Crippen LogP contribution in [0, 0.1) is 0 Å². The number of carboxylic acids is 1. The van der Waals surface area contributed by atoms with E-state index >= 15 is 0 Å². The maximum Gasteiger partial charge on any atom is 0.326 e. The molecule has 0 radical (unpaired) electrons. The highest BCUT2D eigenvalue weighted by Gasteiger charge is 2.41. The number of hydrogen-bond acceptors (Lipinski definition) is 8. The molecule has 4 fully saturated rings. The maximum absolute atomic E-state index is 13.2. The van der Waals surface area contributed by atoms with Crippen LogP contribution in [0.3, 0.4) is 0 Å². The number of benzene rings is 1. The van der Waals surface area contributed by atoms with Crippen molar-refractivity contribution in [1.29, 1.82) is 0 Å². The molecule has 212 valence electrons. The second-order valence-corrected chi connectivity index (χ2v) is 11.2. The van der Waals surface area contributed by atoms with Gasteiger partial charge in [0.05, 0.1) is 6.54 Å². The van der Waals surface area contributed by atoms with Gasteiger partial charge in [0.25, 0.3) is 0 Å². The largest absolute Gasteiger partial charge is 0.507 e. The molecule has 7 atom stereocenters. The fraction of sp³-hybridized carbons (Fsp3) is 0.630. The SMILES string of the molecule is NCC(=O)N[C@@H](Cc1cc(C2NC3CCCCC3NC2=O)c(O)c(C2NC3CCCCC3NC2=O)c1)C(=O)O. The number of piperazine rings is 2. The molecule has 39 heavy (non-hydrogen) atoms. The van der Waals surface area contributed by atoms with Crippen LogP contribution < -0.4 is 32.3 Å². The monoisotopic (exact) mass is 542 g/mol. The van der Waals surface area contributed by atoms with Crippen LogP contribution >= 0.6 is 0 Å². The average molecular weight is 543 g/mol. The number of nitrogens with two attached hydrogens (primary N) is 1. The molecule has 4 aliphatic rings. The predicted octanol–water partition coefficient (Wildman–Crippen LogP) is -0.394. The highest BCUT2D eigenvalue weighted by Crippen LogP contribution is 2.38. The fourth-order valence-corrected chi connectivity index (χ4v) is 6.57. The lowest BCUT2D eigenvalue weighted by molar-refractivity contribution is -0.141. The topological polar surface area (TPSA) is 195 Å². The summed E-state index contributed by atoms with van der Waals surface area (Å²) in [5.74, 6) is -2.60. The molecule has 2 aliphatic heterocycles. The van der Waals surface area contributed by atoms with Crippen LogP contribution in [0.4, 0.5) is 0 Å². The smallest absolute Gasteiger partial charge is 0.326 e. The molecule has 1 aromatic rings. The molecule has 5 rings (SSSR count). The summed E-state index contributed by atoms with van der Waals surface area (Å²) in [5.41, 5.74) is 6.39. The van der Waals surface area contributed by atoms with Crippen molar-refractivity contribution in [3.63, 3.8) is 0 Å². The summed E-state index contributed by atoms with van der Waals surface area (Å²) in [7, 11) is 0. The van der Waals surface area contributed by atoms with Gasteiger partial charge in [-0.15, -0.1) is 0 Å². The quantitative estimate of drug-likeness (QED) is 0.226. The zero-order valence-corrected chi connectivity index (χ0v) is 21.9. The van der Waals surface area contributed by atoms with Gasteiger partial charge in [0.2, 0.25) is 17.7 Å². The summed E-state index contributed by atoms with van der Waals surface area (Å²) in [6.45, 7) is -0.362. The minimum absolute atomic E-state index is 0.0178. The van der Waals surface area contributed by atoms with Crippen molar-refractivity contribution in [1.82, 2.24) is 26.6 Å². The van der Waals surface area contributed by atoms with E-state index < -0.39 is 30.0 Å². The third-order valence-corrected chi connectivity index (χ3v) is 8.58. The molecule has 0 spiro atoms. The zero-order valence-electron chi connectivity index (χ0n) is 21.9. The van der Waals surface area contributed by atoms with Gasteiger partial charge in [0, 0.05) is 41.7 Å². The minimum atomic E-state index is -1.28. The Labute approximate surface area is 226 Å². The number of carbonyl (C=O) groups is 4. The van der Waals surface area contributed by atoms with Crippen LogP contribution in [0.5, 0.6) is 5.75 Å². The van der Waals surface area contributed by atoms with Crippen LogP contribution in [0.25, 0.3) is 0 Å². The summed E-state index contributed by atoms with van der Waals surface area (Å²) in [6.07, 6.45) is 7.54. The first kappa shape index (κ1) is 27.4. The molecule has 6 unspecified atom stereocenters. The van der Waals surface area contributed by atoms with Crippen LogP contribution in [0.15, 0.2) is 12.1 Å². The molecule has 3 amide bonds. The zero-order chi connectivity index (χ0) is 27.7. The first-order valence-electron chi connectivity index (χ1n) is 14.0. The summed E-state index contributed by atoms with van der Waals surface area (Å²) >= 11 is 0. The van der Waals surface area contributed by atoms with Crippen molar-refractivity contribution in [2.24, 2.45) is 5.73 Å². The Morgan fingerprint density at radius 2 is 1.33 bits per heavy atom. The lowest BCUT2D eigenvalue weighted by atomic mass is 9.83. The van der Waals surface area contributed by atoms with Crippen LogP contribution in [0.1, 0.15) is 80.1 Å². The maximum atomic E-state index is 13.2. The van der Waals surface area contributed by atoms with Crippen molar-refractivity contribution in [3.8, 4) is 5.75 Å². The number of carbonyl (C=O) groups excluding carboxylic acids is 3. The highest BCUT2D eigenvalue weighted by molar-refractivity contribution is 5.88. The van der Waals surface area contributed by atoms with E-state index in [0.29, 0.717) is 5.56 Å². The Bertz CT molecular complexity index is 1080. The molecular weight excluding hydrogens is 504 g/mol. The van der Waals surface area contributed by atoms with E-state index in [9.17, 15) is 29.4 Å². The van der Waals surface area contributed by atoms with Crippen LogP contribution in [-0.4, -0.2) is 70.7 Å². The highest BCUT2D eigenvalue weighted by atomic mass is 16.4. The lowest BCUT2D eigenvalue weighted by Gasteiger charge is -2.42. The molecule has 9 N–H and O–H groups in total. The van der Waals surface area contributed by atoms with Crippen molar-refractivity contribution in [2.45, 2.75) is 100 Å². The second-order valence-electron chi connectivity index (χ2n) is 11.2. The number of carboxylic acid groups (broad SMARTS) is 1. The molecule has 1 aromatic carbocycles. The van der Waals surface area contributed by atoms with Crippen LogP contribution in [0.2, 0.25) is 0 Å². The normalized spacial score (nSPS) is 31.2. The Morgan fingerprint density at radius 3 is 1.77 bits per heavy atom. The van der Waals surface area contributed by atoms with E-state index in [1.54, 1.807) is 12.1 Å². The minimum Gasteiger partial charge on any atom is -0.507 e. The number of aromatic hydroxyl groups is 1. The first-order chi connectivity index (χ1) is 18.7. The van der Waals surface area contributed by atoms with Gasteiger partial charge in [-0.25, -0.2) is 4.79 Å². The lowest BCUT2D eigenvalue weighted by Crippen LogP contribution is -2.61. The Kier molecular flexibility index (Phi) is 8.06. The third kappa shape index (κ3) is 5.73. The van der Waals surface area contributed by atoms with Gasteiger partial charge in [0.15, 0.2) is 0 Å². The number of amides is 3. The van der Waals surface area contributed by atoms with Crippen molar-refractivity contribution < 1.29 is 29.4 Å². The van der Waals surface area contributed by atoms with E-state index in [1.807, 2.05) is 0 Å².